The smallest absolute Gasteiger partial charge is 0.149 e. The first-order valence-corrected chi connectivity index (χ1v) is 5.64. The number of nitrogens with zero attached hydrogens (tertiary/aromatic N) is 3. The summed E-state index contributed by atoms with van der Waals surface area (Å²) in [5.74, 6) is 1.87. The van der Waals surface area contributed by atoms with Crippen LogP contribution in [0.1, 0.15) is 26.7 Å². The van der Waals surface area contributed by atoms with Crippen LogP contribution >= 0.6 is 0 Å². The van der Waals surface area contributed by atoms with Crippen LogP contribution in [0.3, 0.4) is 0 Å². The number of hydrogen-bond donors (Lipinski definition) is 1. The molecule has 0 bridgehead atoms. The van der Waals surface area contributed by atoms with E-state index in [1.165, 1.54) is 12.8 Å². The highest BCUT2D eigenvalue weighted by Crippen LogP contribution is 2.23. The Labute approximate surface area is 90.7 Å². The second-order valence-corrected chi connectivity index (χ2v) is 3.98. The molecule has 0 radical (unpaired) electrons. The molecule has 4 heteroatoms. The summed E-state index contributed by atoms with van der Waals surface area (Å²) in [6, 6.07) is 0.594. The molecule has 1 N–H and O–H groups in total. The van der Waals surface area contributed by atoms with E-state index in [9.17, 15) is 0 Å². The molecule has 1 fully saturated rings. The van der Waals surface area contributed by atoms with Gasteiger partial charge in [0.25, 0.3) is 0 Å². The third-order valence-electron chi connectivity index (χ3n) is 2.83. The van der Waals surface area contributed by atoms with Gasteiger partial charge >= 0.3 is 0 Å². The molecule has 82 valence electrons. The Hall–Kier alpha value is -1.32. The zero-order valence-corrected chi connectivity index (χ0v) is 9.40. The molecule has 15 heavy (non-hydrogen) atoms. The van der Waals surface area contributed by atoms with E-state index < -0.39 is 0 Å². The molecule has 1 atom stereocenters. The van der Waals surface area contributed by atoms with E-state index in [-0.39, 0.29) is 0 Å². The van der Waals surface area contributed by atoms with Gasteiger partial charge in [0.1, 0.15) is 11.6 Å². The standard InChI is InChI=1S/C11H18N4/c1-3-13-10-7-12-8-11(14-10)15-6-4-5-9(15)2/h7-9H,3-6H2,1-2H3,(H,13,14). The highest BCUT2D eigenvalue weighted by Gasteiger charge is 2.21. The summed E-state index contributed by atoms with van der Waals surface area (Å²) in [6.45, 7) is 6.29. The third-order valence-corrected chi connectivity index (χ3v) is 2.83. The summed E-state index contributed by atoms with van der Waals surface area (Å²) >= 11 is 0. The SMILES string of the molecule is CCNc1cncc(N2CCCC2C)n1. The van der Waals surface area contributed by atoms with Crippen molar-refractivity contribution in [3.63, 3.8) is 0 Å². The maximum atomic E-state index is 4.55. The fourth-order valence-electron chi connectivity index (χ4n) is 2.03. The molecule has 1 aromatic rings. The average molecular weight is 206 g/mol. The van der Waals surface area contributed by atoms with Gasteiger partial charge in [0.2, 0.25) is 0 Å². The predicted octanol–water partition coefficient (Wildman–Crippen LogP) is 1.90. The number of aromatic nitrogens is 2. The Morgan fingerprint density at radius 2 is 2.40 bits per heavy atom. The summed E-state index contributed by atoms with van der Waals surface area (Å²) in [5, 5.41) is 3.19. The lowest BCUT2D eigenvalue weighted by atomic mass is 10.2. The Kier molecular flexibility index (Phi) is 3.04. The molecule has 1 unspecified atom stereocenters. The van der Waals surface area contributed by atoms with Crippen molar-refractivity contribution in [3.05, 3.63) is 12.4 Å². The normalized spacial score (nSPS) is 20.7. The maximum Gasteiger partial charge on any atom is 0.149 e. The third kappa shape index (κ3) is 2.19. The number of rotatable bonds is 3. The molecule has 2 heterocycles. The molecule has 0 aliphatic carbocycles. The van der Waals surface area contributed by atoms with Gasteiger partial charge in [-0.1, -0.05) is 0 Å². The predicted molar refractivity (Wildman–Crippen MR) is 62.2 cm³/mol. The van der Waals surface area contributed by atoms with Crippen LogP contribution in [0.15, 0.2) is 12.4 Å². The molecule has 0 saturated carbocycles. The molecule has 0 aromatic carbocycles. The first-order valence-electron chi connectivity index (χ1n) is 5.64. The fraction of sp³-hybridized carbons (Fsp3) is 0.636. The largest absolute Gasteiger partial charge is 0.369 e. The first kappa shape index (κ1) is 10.2. The minimum absolute atomic E-state index is 0.594. The number of hydrogen-bond acceptors (Lipinski definition) is 4. The van der Waals surface area contributed by atoms with Crippen LogP contribution < -0.4 is 10.2 Å². The van der Waals surface area contributed by atoms with E-state index in [1.54, 1.807) is 6.20 Å². The zero-order chi connectivity index (χ0) is 10.7. The molecular formula is C11H18N4. The minimum Gasteiger partial charge on any atom is -0.369 e. The maximum absolute atomic E-state index is 4.55. The lowest BCUT2D eigenvalue weighted by molar-refractivity contribution is 0.725. The van der Waals surface area contributed by atoms with Crippen molar-refractivity contribution in [2.45, 2.75) is 32.7 Å². The van der Waals surface area contributed by atoms with Gasteiger partial charge in [-0.3, -0.25) is 4.98 Å². The van der Waals surface area contributed by atoms with Crippen LogP contribution in [-0.2, 0) is 0 Å². The Morgan fingerprint density at radius 1 is 1.53 bits per heavy atom. The van der Waals surface area contributed by atoms with E-state index >= 15 is 0 Å². The van der Waals surface area contributed by atoms with Crippen LogP contribution in [0.2, 0.25) is 0 Å². The first-order chi connectivity index (χ1) is 7.31. The van der Waals surface area contributed by atoms with E-state index in [2.05, 4.69) is 34.0 Å². The van der Waals surface area contributed by atoms with E-state index in [0.717, 1.165) is 24.7 Å². The number of anilines is 2. The van der Waals surface area contributed by atoms with Crippen LogP contribution in [0.4, 0.5) is 11.6 Å². The van der Waals surface area contributed by atoms with Gasteiger partial charge in [-0.2, -0.15) is 0 Å². The molecular weight excluding hydrogens is 188 g/mol. The molecule has 0 spiro atoms. The van der Waals surface area contributed by atoms with E-state index in [4.69, 9.17) is 0 Å². The second-order valence-electron chi connectivity index (χ2n) is 3.98. The van der Waals surface area contributed by atoms with Crippen LogP contribution in [-0.4, -0.2) is 29.1 Å². The average Bonchev–Trinajstić information content (AvgIpc) is 2.65. The molecule has 1 aliphatic heterocycles. The summed E-state index contributed by atoms with van der Waals surface area (Å²) in [6.07, 6.45) is 6.14. The van der Waals surface area contributed by atoms with E-state index in [1.807, 2.05) is 6.20 Å². The van der Waals surface area contributed by atoms with Gasteiger partial charge in [0, 0.05) is 19.1 Å². The van der Waals surface area contributed by atoms with Crippen molar-refractivity contribution >= 4 is 11.6 Å². The van der Waals surface area contributed by atoms with Crippen molar-refractivity contribution in [1.82, 2.24) is 9.97 Å². The van der Waals surface area contributed by atoms with Crippen LogP contribution in [0, 0.1) is 0 Å². The zero-order valence-electron chi connectivity index (χ0n) is 9.40. The quantitative estimate of drug-likeness (QED) is 0.820. The van der Waals surface area contributed by atoms with Crippen molar-refractivity contribution in [2.24, 2.45) is 0 Å². The summed E-state index contributed by atoms with van der Waals surface area (Å²) < 4.78 is 0. The Bertz CT molecular complexity index is 326. The highest BCUT2D eigenvalue weighted by atomic mass is 15.2. The van der Waals surface area contributed by atoms with Gasteiger partial charge in [-0.15, -0.1) is 0 Å². The lowest BCUT2D eigenvalue weighted by Gasteiger charge is -2.22. The monoisotopic (exact) mass is 206 g/mol. The summed E-state index contributed by atoms with van der Waals surface area (Å²) in [7, 11) is 0. The van der Waals surface area contributed by atoms with Crippen molar-refractivity contribution in [3.8, 4) is 0 Å². The fourth-order valence-corrected chi connectivity index (χ4v) is 2.03. The van der Waals surface area contributed by atoms with E-state index in [0.29, 0.717) is 6.04 Å². The molecule has 1 aromatic heterocycles. The topological polar surface area (TPSA) is 41.1 Å². The van der Waals surface area contributed by atoms with Gasteiger partial charge in [-0.05, 0) is 26.7 Å². The van der Waals surface area contributed by atoms with Crippen molar-refractivity contribution < 1.29 is 0 Å². The molecule has 1 saturated heterocycles. The van der Waals surface area contributed by atoms with Gasteiger partial charge in [-0.25, -0.2) is 4.98 Å². The highest BCUT2D eigenvalue weighted by molar-refractivity contribution is 5.45. The van der Waals surface area contributed by atoms with Crippen LogP contribution in [0.5, 0.6) is 0 Å². The molecule has 2 rings (SSSR count). The second kappa shape index (κ2) is 4.47. The summed E-state index contributed by atoms with van der Waals surface area (Å²) in [4.78, 5) is 11.1. The Morgan fingerprint density at radius 3 is 3.07 bits per heavy atom. The van der Waals surface area contributed by atoms with Gasteiger partial charge in [0.15, 0.2) is 0 Å². The molecule has 0 amide bonds. The van der Waals surface area contributed by atoms with Gasteiger partial charge in [0.05, 0.1) is 12.4 Å². The minimum atomic E-state index is 0.594. The molecule has 1 aliphatic rings. The van der Waals surface area contributed by atoms with Crippen LogP contribution in [0.25, 0.3) is 0 Å². The summed E-state index contributed by atoms with van der Waals surface area (Å²) in [5.41, 5.74) is 0. The van der Waals surface area contributed by atoms with Crippen molar-refractivity contribution in [2.75, 3.05) is 23.3 Å². The molecule has 4 nitrogen and oxygen atoms in total. The van der Waals surface area contributed by atoms with Crippen molar-refractivity contribution in [1.29, 1.82) is 0 Å². The number of nitrogens with one attached hydrogen (secondary N) is 1. The van der Waals surface area contributed by atoms with Gasteiger partial charge < -0.3 is 10.2 Å². The lowest BCUT2D eigenvalue weighted by Crippen LogP contribution is -2.27. The Balaban J connectivity index is 2.16.